The number of rotatable bonds is 7. The fourth-order valence-electron chi connectivity index (χ4n) is 5.15. The van der Waals surface area contributed by atoms with E-state index in [1.54, 1.807) is 0 Å². The van der Waals surface area contributed by atoms with Gasteiger partial charge in [-0.05, 0) is 47.7 Å². The van der Waals surface area contributed by atoms with Crippen LogP contribution in [0.3, 0.4) is 0 Å². The van der Waals surface area contributed by atoms with Crippen molar-refractivity contribution in [3.63, 3.8) is 0 Å². The van der Waals surface area contributed by atoms with Crippen LogP contribution in [0.5, 0.6) is 0 Å². The number of carbonyl (C=O) groups is 1. The Hall–Kier alpha value is -5.52. The van der Waals surface area contributed by atoms with Crippen molar-refractivity contribution in [3.8, 4) is 0 Å². The van der Waals surface area contributed by atoms with Crippen LogP contribution in [0.2, 0.25) is 0 Å². The molecule has 268 valence electrons. The van der Waals surface area contributed by atoms with E-state index in [4.69, 9.17) is 5.11 Å². The Bertz CT molecular complexity index is 1830. The number of carboxylic acid groups (broad SMARTS) is 1. The number of aromatic carboxylic acids is 1. The molecular formula is C43H34F5NO2P2. The molecule has 0 aromatic heterocycles. The summed E-state index contributed by atoms with van der Waals surface area (Å²) in [5.41, 5.74) is -1.86. The van der Waals surface area contributed by atoms with Gasteiger partial charge >= 0.3 is 5.97 Å². The maximum absolute atomic E-state index is 12.6. The van der Waals surface area contributed by atoms with Gasteiger partial charge in [-0.25, -0.2) is 26.7 Å². The molecule has 0 fully saturated rings. The summed E-state index contributed by atoms with van der Waals surface area (Å²) in [5.74, 6) is -13.9. The lowest BCUT2D eigenvalue weighted by Gasteiger charge is -2.18. The summed E-state index contributed by atoms with van der Waals surface area (Å²) in [4.78, 5) is 10.1. The van der Waals surface area contributed by atoms with Crippen molar-refractivity contribution in [1.82, 2.24) is 6.15 Å². The summed E-state index contributed by atoms with van der Waals surface area (Å²) in [6, 6.07) is 64.7. The van der Waals surface area contributed by atoms with E-state index >= 15 is 0 Å². The van der Waals surface area contributed by atoms with Crippen LogP contribution in [0.15, 0.2) is 182 Å². The van der Waals surface area contributed by atoms with Crippen LogP contribution in [0.4, 0.5) is 22.0 Å². The lowest BCUT2D eigenvalue weighted by Crippen LogP contribution is -2.20. The van der Waals surface area contributed by atoms with Crippen LogP contribution in [-0.2, 0) is 0 Å². The zero-order chi connectivity index (χ0) is 36.9. The first kappa shape index (κ1) is 40.3. The summed E-state index contributed by atoms with van der Waals surface area (Å²) in [6.07, 6.45) is 0. The normalized spacial score (nSPS) is 10.3. The van der Waals surface area contributed by atoms with E-state index in [0.29, 0.717) is 0 Å². The third kappa shape index (κ3) is 10.3. The van der Waals surface area contributed by atoms with Crippen LogP contribution < -0.4 is 38.0 Å². The molecule has 0 amide bonds. The van der Waals surface area contributed by atoms with Crippen LogP contribution in [-0.4, -0.2) is 11.1 Å². The maximum atomic E-state index is 12.6. The van der Waals surface area contributed by atoms with E-state index in [1.165, 1.54) is 31.8 Å². The molecule has 0 aliphatic heterocycles. The van der Waals surface area contributed by atoms with Crippen molar-refractivity contribution in [3.05, 3.63) is 217 Å². The second kappa shape index (κ2) is 19.9. The average molecular weight is 754 g/mol. The molecule has 0 radical (unpaired) electrons. The van der Waals surface area contributed by atoms with Crippen molar-refractivity contribution < 1.29 is 31.9 Å². The standard InChI is InChI=1S/2C18H15P.C7HF5O2.H3N/c2*1-4-10-16(11-5-1)19(17-12-6-2-7-13-17)18-14-8-3-9-15-18;8-2-1(7(13)14)3(9)5(11)6(12)4(2)10;/h2*1-15H;(H,13,14);1H3. The van der Waals surface area contributed by atoms with Crippen molar-refractivity contribution >= 4 is 53.6 Å². The molecule has 0 bridgehead atoms. The Balaban J connectivity index is 0.000000179. The molecule has 7 aromatic carbocycles. The lowest BCUT2D eigenvalue weighted by atomic mass is 10.1. The molecule has 3 nitrogen and oxygen atoms in total. The van der Waals surface area contributed by atoms with Crippen LogP contribution in [0, 0.1) is 29.1 Å². The first-order valence-electron chi connectivity index (χ1n) is 15.9. The molecule has 0 atom stereocenters. The minimum Gasteiger partial charge on any atom is -0.477 e. The highest BCUT2D eigenvalue weighted by Crippen LogP contribution is 2.33. The predicted molar refractivity (Wildman–Crippen MR) is 209 cm³/mol. The van der Waals surface area contributed by atoms with Gasteiger partial charge < -0.3 is 11.3 Å². The Morgan fingerprint density at radius 2 is 0.509 bits per heavy atom. The van der Waals surface area contributed by atoms with Crippen molar-refractivity contribution in [2.75, 3.05) is 0 Å². The number of hydrogen-bond acceptors (Lipinski definition) is 2. The molecule has 53 heavy (non-hydrogen) atoms. The third-order valence-electron chi connectivity index (χ3n) is 7.51. The van der Waals surface area contributed by atoms with E-state index in [2.05, 4.69) is 182 Å². The van der Waals surface area contributed by atoms with Gasteiger partial charge in [-0.3, -0.25) is 0 Å². The van der Waals surface area contributed by atoms with Crippen molar-refractivity contribution in [2.45, 2.75) is 0 Å². The molecule has 0 spiro atoms. The van der Waals surface area contributed by atoms with Crippen LogP contribution >= 0.6 is 15.8 Å². The smallest absolute Gasteiger partial charge is 0.341 e. The molecule has 0 aliphatic rings. The van der Waals surface area contributed by atoms with Gasteiger partial charge in [0.25, 0.3) is 0 Å². The van der Waals surface area contributed by atoms with Gasteiger partial charge in [0, 0.05) is 0 Å². The summed E-state index contributed by atoms with van der Waals surface area (Å²) < 4.78 is 62.1. The van der Waals surface area contributed by atoms with E-state index in [-0.39, 0.29) is 6.15 Å². The zero-order valence-electron chi connectivity index (χ0n) is 28.2. The Morgan fingerprint density at radius 3 is 0.679 bits per heavy atom. The van der Waals surface area contributed by atoms with Gasteiger partial charge in [0.05, 0.1) is 0 Å². The lowest BCUT2D eigenvalue weighted by molar-refractivity contribution is 0.0682. The minimum absolute atomic E-state index is 0. The largest absolute Gasteiger partial charge is 0.477 e. The molecule has 0 saturated carbocycles. The highest BCUT2D eigenvalue weighted by molar-refractivity contribution is 7.80. The first-order valence-corrected chi connectivity index (χ1v) is 18.6. The molecule has 7 aromatic rings. The monoisotopic (exact) mass is 753 g/mol. The van der Waals surface area contributed by atoms with Gasteiger partial charge in [0.1, 0.15) is 5.56 Å². The summed E-state index contributed by atoms with van der Waals surface area (Å²) >= 11 is 0. The van der Waals surface area contributed by atoms with E-state index < -0.39 is 56.5 Å². The fourth-order valence-corrected chi connectivity index (χ4v) is 9.76. The van der Waals surface area contributed by atoms with Gasteiger partial charge in [-0.2, -0.15) is 0 Å². The van der Waals surface area contributed by atoms with E-state index in [9.17, 15) is 26.7 Å². The highest BCUT2D eigenvalue weighted by Gasteiger charge is 2.29. The molecule has 0 heterocycles. The zero-order valence-corrected chi connectivity index (χ0v) is 30.0. The van der Waals surface area contributed by atoms with E-state index in [1.807, 2.05) is 0 Å². The highest BCUT2D eigenvalue weighted by atomic mass is 31.1. The SMILES string of the molecule is N.O=C(O)c1c(F)c(F)c(F)c(F)c1F.c1ccc(P(c2ccccc2)c2ccccc2)cc1.c1ccc(P(c2ccccc2)c2ccccc2)cc1. The topological polar surface area (TPSA) is 72.3 Å². The first-order chi connectivity index (χ1) is 25.3. The summed E-state index contributed by atoms with van der Waals surface area (Å²) in [6.45, 7) is 0. The number of benzene rings is 7. The van der Waals surface area contributed by atoms with Gasteiger partial charge in [-0.15, -0.1) is 0 Å². The molecule has 4 N–H and O–H groups in total. The molecule has 0 unspecified atom stereocenters. The molecule has 0 aliphatic carbocycles. The van der Waals surface area contributed by atoms with E-state index in [0.717, 1.165) is 0 Å². The predicted octanol–water partition coefficient (Wildman–Crippen LogP) is 9.13. The molecule has 0 saturated heterocycles. The average Bonchev–Trinajstić information content (AvgIpc) is 3.19. The summed E-state index contributed by atoms with van der Waals surface area (Å²) in [5, 5.41) is 16.5. The van der Waals surface area contributed by atoms with Crippen molar-refractivity contribution in [2.24, 2.45) is 0 Å². The Labute approximate surface area is 307 Å². The van der Waals surface area contributed by atoms with Crippen LogP contribution in [0.1, 0.15) is 10.4 Å². The van der Waals surface area contributed by atoms with Gasteiger partial charge in [-0.1, -0.05) is 182 Å². The minimum atomic E-state index is -2.38. The number of halogens is 5. The molecular weight excluding hydrogens is 719 g/mol. The summed E-state index contributed by atoms with van der Waals surface area (Å²) in [7, 11) is -0.892. The maximum Gasteiger partial charge on any atom is 0.341 e. The second-order valence-corrected chi connectivity index (χ2v) is 15.4. The van der Waals surface area contributed by atoms with Crippen molar-refractivity contribution in [1.29, 1.82) is 0 Å². The second-order valence-electron chi connectivity index (χ2n) is 10.9. The third-order valence-corrected chi connectivity index (χ3v) is 12.4. The van der Waals surface area contributed by atoms with Gasteiger partial charge in [0.15, 0.2) is 23.3 Å². The quantitative estimate of drug-likeness (QED) is 0.0739. The Kier molecular flexibility index (Phi) is 15.1. The number of hydrogen-bond donors (Lipinski definition) is 2. The fraction of sp³-hybridized carbons (Fsp3) is 0. The van der Waals surface area contributed by atoms with Crippen LogP contribution in [0.25, 0.3) is 0 Å². The molecule has 10 heteroatoms. The molecule has 7 rings (SSSR count). The Morgan fingerprint density at radius 1 is 0.340 bits per heavy atom. The van der Waals surface area contributed by atoms with Gasteiger partial charge in [0.2, 0.25) is 5.82 Å². The number of carboxylic acids is 1.